The summed E-state index contributed by atoms with van der Waals surface area (Å²) in [7, 11) is 0. The van der Waals surface area contributed by atoms with Crippen LogP contribution < -0.4 is 0 Å². The topological polar surface area (TPSA) is 58.7 Å². The van der Waals surface area contributed by atoms with Gasteiger partial charge in [0.15, 0.2) is 0 Å². The highest BCUT2D eigenvalue weighted by Gasteiger charge is 2.25. The van der Waals surface area contributed by atoms with Gasteiger partial charge >= 0.3 is 0 Å². The highest BCUT2D eigenvalue weighted by molar-refractivity contribution is 5.06. The monoisotopic (exact) mass is 254 g/mol. The Morgan fingerprint density at radius 1 is 1.50 bits per heavy atom. The largest absolute Gasteiger partial charge is 0.444 e. The van der Waals surface area contributed by atoms with Crippen molar-refractivity contribution < 1.29 is 14.3 Å². The molecule has 0 aromatic carbocycles. The number of nitrogens with zero attached hydrogens (tertiary/aromatic N) is 2. The van der Waals surface area contributed by atoms with E-state index in [1.54, 1.807) is 6.20 Å². The molecular formula is C13H22N2O3. The molecule has 5 nitrogen and oxygen atoms in total. The minimum atomic E-state index is -0.0212. The van der Waals surface area contributed by atoms with Crippen molar-refractivity contribution in [2.24, 2.45) is 0 Å². The van der Waals surface area contributed by atoms with E-state index in [9.17, 15) is 5.11 Å². The van der Waals surface area contributed by atoms with Gasteiger partial charge in [0.1, 0.15) is 5.76 Å². The van der Waals surface area contributed by atoms with Gasteiger partial charge in [0.2, 0.25) is 5.89 Å². The molecule has 2 rings (SSSR count). The number of ether oxygens (including phenoxy) is 1. The van der Waals surface area contributed by atoms with E-state index in [-0.39, 0.29) is 18.1 Å². The molecule has 2 heterocycles. The van der Waals surface area contributed by atoms with E-state index in [0.717, 1.165) is 12.3 Å². The van der Waals surface area contributed by atoms with Gasteiger partial charge in [-0.1, -0.05) is 20.8 Å². The Hall–Kier alpha value is -0.910. The zero-order chi connectivity index (χ0) is 13.2. The fourth-order valence-corrected chi connectivity index (χ4v) is 1.97. The Kier molecular flexibility index (Phi) is 4.04. The first kappa shape index (κ1) is 13.5. The molecule has 0 saturated carbocycles. The van der Waals surface area contributed by atoms with Gasteiger partial charge in [0, 0.05) is 12.0 Å². The van der Waals surface area contributed by atoms with Crippen molar-refractivity contribution in [1.82, 2.24) is 9.88 Å². The van der Waals surface area contributed by atoms with Crippen LogP contribution in [0, 0.1) is 0 Å². The second-order valence-corrected chi connectivity index (χ2v) is 5.75. The Balaban J connectivity index is 2.02. The summed E-state index contributed by atoms with van der Waals surface area (Å²) in [4.78, 5) is 6.47. The van der Waals surface area contributed by atoms with Crippen molar-refractivity contribution in [2.75, 3.05) is 26.4 Å². The smallest absolute Gasteiger partial charge is 0.208 e. The number of rotatable bonds is 3. The number of aliphatic hydroxyl groups excluding tert-OH is 1. The molecule has 1 unspecified atom stereocenters. The van der Waals surface area contributed by atoms with Gasteiger partial charge in [0.25, 0.3) is 0 Å². The fraction of sp³-hybridized carbons (Fsp3) is 0.769. The van der Waals surface area contributed by atoms with Crippen LogP contribution in [0.25, 0.3) is 0 Å². The van der Waals surface area contributed by atoms with Crippen molar-refractivity contribution in [3.05, 3.63) is 17.8 Å². The maximum absolute atomic E-state index is 9.30. The molecule has 1 aliphatic rings. The number of oxazole rings is 1. The van der Waals surface area contributed by atoms with Crippen molar-refractivity contribution >= 4 is 0 Å². The third-order valence-electron chi connectivity index (χ3n) is 3.19. The summed E-state index contributed by atoms with van der Waals surface area (Å²) < 4.78 is 11.1. The van der Waals surface area contributed by atoms with Crippen LogP contribution in [-0.2, 0) is 16.7 Å². The maximum atomic E-state index is 9.30. The molecule has 1 aliphatic heterocycles. The van der Waals surface area contributed by atoms with E-state index in [1.165, 1.54) is 0 Å². The van der Waals surface area contributed by atoms with Crippen molar-refractivity contribution in [2.45, 2.75) is 38.8 Å². The summed E-state index contributed by atoms with van der Waals surface area (Å²) in [6.07, 6.45) is 1.80. The van der Waals surface area contributed by atoms with E-state index in [1.807, 2.05) is 0 Å². The highest BCUT2D eigenvalue weighted by atomic mass is 16.5. The van der Waals surface area contributed by atoms with Crippen LogP contribution in [0.3, 0.4) is 0 Å². The van der Waals surface area contributed by atoms with Crippen LogP contribution >= 0.6 is 0 Å². The average molecular weight is 254 g/mol. The molecule has 0 bridgehead atoms. The Morgan fingerprint density at radius 3 is 2.89 bits per heavy atom. The summed E-state index contributed by atoms with van der Waals surface area (Å²) >= 11 is 0. The quantitative estimate of drug-likeness (QED) is 0.877. The van der Waals surface area contributed by atoms with E-state index in [4.69, 9.17) is 9.15 Å². The van der Waals surface area contributed by atoms with E-state index >= 15 is 0 Å². The molecule has 0 spiro atoms. The van der Waals surface area contributed by atoms with Crippen LogP contribution in [-0.4, -0.2) is 47.4 Å². The first-order valence-electron chi connectivity index (χ1n) is 6.38. The summed E-state index contributed by atoms with van der Waals surface area (Å²) in [5, 5.41) is 9.30. The predicted molar refractivity (Wildman–Crippen MR) is 67.3 cm³/mol. The lowest BCUT2D eigenvalue weighted by Gasteiger charge is -2.33. The van der Waals surface area contributed by atoms with Crippen LogP contribution in [0.4, 0.5) is 0 Å². The molecule has 1 aromatic heterocycles. The first-order valence-corrected chi connectivity index (χ1v) is 6.38. The fourth-order valence-electron chi connectivity index (χ4n) is 1.97. The molecule has 1 atom stereocenters. The summed E-state index contributed by atoms with van der Waals surface area (Å²) in [6.45, 7) is 9.11. The first-order chi connectivity index (χ1) is 8.50. The molecule has 0 radical (unpaired) electrons. The van der Waals surface area contributed by atoms with E-state index in [2.05, 4.69) is 30.7 Å². The zero-order valence-electron chi connectivity index (χ0n) is 11.3. The molecular weight excluding hydrogens is 232 g/mol. The minimum Gasteiger partial charge on any atom is -0.444 e. The Morgan fingerprint density at radius 2 is 2.28 bits per heavy atom. The van der Waals surface area contributed by atoms with Gasteiger partial charge in [-0.3, -0.25) is 4.90 Å². The normalized spacial score (nSPS) is 22.3. The SMILES string of the molecule is CC(C)(C)c1cnc(CN2CCOCC2CO)o1. The van der Waals surface area contributed by atoms with Crippen LogP contribution in [0.2, 0.25) is 0 Å². The van der Waals surface area contributed by atoms with Crippen molar-refractivity contribution in [3.63, 3.8) is 0 Å². The van der Waals surface area contributed by atoms with Crippen molar-refractivity contribution in [1.29, 1.82) is 0 Å². The van der Waals surface area contributed by atoms with Gasteiger partial charge in [-0.15, -0.1) is 0 Å². The van der Waals surface area contributed by atoms with Crippen LogP contribution in [0.5, 0.6) is 0 Å². The van der Waals surface area contributed by atoms with E-state index < -0.39 is 0 Å². The third kappa shape index (κ3) is 3.10. The molecule has 0 amide bonds. The van der Waals surface area contributed by atoms with Crippen LogP contribution in [0.1, 0.15) is 32.4 Å². The molecule has 102 valence electrons. The van der Waals surface area contributed by atoms with Gasteiger partial charge in [-0.2, -0.15) is 0 Å². The Labute approximate surface area is 108 Å². The lowest BCUT2D eigenvalue weighted by Crippen LogP contribution is -2.46. The number of aromatic nitrogens is 1. The molecule has 18 heavy (non-hydrogen) atoms. The second-order valence-electron chi connectivity index (χ2n) is 5.75. The molecule has 0 aliphatic carbocycles. The molecule has 5 heteroatoms. The summed E-state index contributed by atoms with van der Waals surface area (Å²) in [5.41, 5.74) is -0.0212. The highest BCUT2D eigenvalue weighted by Crippen LogP contribution is 2.23. The molecule has 1 saturated heterocycles. The number of hydrogen-bond acceptors (Lipinski definition) is 5. The molecule has 1 N–H and O–H groups in total. The molecule has 1 fully saturated rings. The lowest BCUT2D eigenvalue weighted by atomic mass is 9.94. The van der Waals surface area contributed by atoms with Gasteiger partial charge in [-0.25, -0.2) is 4.98 Å². The summed E-state index contributed by atoms with van der Waals surface area (Å²) in [6, 6.07) is 0.0451. The van der Waals surface area contributed by atoms with Gasteiger partial charge in [0.05, 0.1) is 38.6 Å². The average Bonchev–Trinajstić information content (AvgIpc) is 2.78. The number of hydrogen-bond donors (Lipinski definition) is 1. The Bertz CT molecular complexity index is 384. The lowest BCUT2D eigenvalue weighted by molar-refractivity contribution is -0.0344. The predicted octanol–water partition coefficient (Wildman–Crippen LogP) is 1.17. The zero-order valence-corrected chi connectivity index (χ0v) is 11.3. The third-order valence-corrected chi connectivity index (χ3v) is 3.19. The maximum Gasteiger partial charge on any atom is 0.208 e. The standard InChI is InChI=1S/C13H22N2O3/c1-13(2,3)11-6-14-12(18-11)7-15-4-5-17-9-10(15)8-16/h6,10,16H,4-5,7-9H2,1-3H3. The van der Waals surface area contributed by atoms with Crippen LogP contribution in [0.15, 0.2) is 10.6 Å². The summed E-state index contributed by atoms with van der Waals surface area (Å²) in [5.74, 6) is 1.60. The number of morpholine rings is 1. The van der Waals surface area contributed by atoms with E-state index in [0.29, 0.717) is 25.6 Å². The van der Waals surface area contributed by atoms with Gasteiger partial charge < -0.3 is 14.3 Å². The minimum absolute atomic E-state index is 0.0212. The van der Waals surface area contributed by atoms with Gasteiger partial charge in [-0.05, 0) is 0 Å². The molecule has 1 aromatic rings. The second kappa shape index (κ2) is 5.38. The van der Waals surface area contributed by atoms with Crippen molar-refractivity contribution in [3.8, 4) is 0 Å². The number of aliphatic hydroxyl groups is 1.